The summed E-state index contributed by atoms with van der Waals surface area (Å²) in [7, 11) is 0. The predicted molar refractivity (Wildman–Crippen MR) is 152 cm³/mol. The fourth-order valence-electron chi connectivity index (χ4n) is 5.76. The summed E-state index contributed by atoms with van der Waals surface area (Å²) in [5.41, 5.74) is 2.28. The molecule has 7 rings (SSSR count). The van der Waals surface area contributed by atoms with Crippen molar-refractivity contribution in [2.45, 2.75) is 67.5 Å². The van der Waals surface area contributed by atoms with E-state index in [1.807, 2.05) is 11.0 Å². The van der Waals surface area contributed by atoms with Crippen molar-refractivity contribution >= 4 is 40.6 Å². The molecule has 2 saturated carbocycles. The van der Waals surface area contributed by atoms with Crippen molar-refractivity contribution in [2.24, 2.45) is 0 Å². The number of hydrogen-bond donors (Lipinski definition) is 2. The van der Waals surface area contributed by atoms with Gasteiger partial charge in [-0.1, -0.05) is 12.1 Å². The minimum Gasteiger partial charge on any atom is -0.334 e. The first-order chi connectivity index (χ1) is 19.3. The average Bonchev–Trinajstić information content (AvgIpc) is 3.88. The number of aromatic nitrogens is 2. The van der Waals surface area contributed by atoms with E-state index in [2.05, 4.69) is 32.7 Å². The van der Waals surface area contributed by atoms with Gasteiger partial charge in [-0.2, -0.15) is 13.2 Å². The second-order valence-electron chi connectivity index (χ2n) is 11.1. The number of nitrogens with zero attached hydrogens (tertiary/aromatic N) is 3. The number of thiophene rings is 1. The van der Waals surface area contributed by atoms with Crippen LogP contribution in [0.5, 0.6) is 0 Å². The number of thioether (sulfide) groups is 1. The standard InChI is InChI=1S/C29H30F3N5OS2/c30-29(31,32)21-15-34-28(35-22-6-3-18(13-20(22)17-1-2-17)16-7-9-33-10-8-16)36-25(21)23-14-24-26(40-23)27(38)37(11-12-39-24)19-4-5-19/h3,6,13-17,19,33H,1-2,4-5,7-12H2,(H,34,35,36). The van der Waals surface area contributed by atoms with Crippen molar-refractivity contribution in [3.05, 3.63) is 52.0 Å². The van der Waals surface area contributed by atoms with Gasteiger partial charge < -0.3 is 15.5 Å². The summed E-state index contributed by atoms with van der Waals surface area (Å²) in [6, 6.07) is 8.38. The van der Waals surface area contributed by atoms with Gasteiger partial charge in [0, 0.05) is 35.1 Å². The zero-order valence-corrected chi connectivity index (χ0v) is 23.5. The van der Waals surface area contributed by atoms with Gasteiger partial charge >= 0.3 is 6.18 Å². The normalized spacial score (nSPS) is 20.4. The quantitative estimate of drug-likeness (QED) is 0.324. The summed E-state index contributed by atoms with van der Waals surface area (Å²) in [5.74, 6) is 1.74. The molecule has 1 amide bonds. The van der Waals surface area contributed by atoms with Gasteiger partial charge in [-0.25, -0.2) is 9.97 Å². The van der Waals surface area contributed by atoms with Crippen molar-refractivity contribution in [3.8, 4) is 10.6 Å². The number of benzene rings is 1. The maximum Gasteiger partial charge on any atom is 0.420 e. The van der Waals surface area contributed by atoms with Crippen LogP contribution in [0.2, 0.25) is 0 Å². The summed E-state index contributed by atoms with van der Waals surface area (Å²) in [6.07, 6.45) is 2.64. The van der Waals surface area contributed by atoms with Gasteiger partial charge in [-0.3, -0.25) is 4.79 Å². The van der Waals surface area contributed by atoms with E-state index in [-0.39, 0.29) is 23.6 Å². The molecule has 40 heavy (non-hydrogen) atoms. The maximum absolute atomic E-state index is 14.1. The molecule has 0 atom stereocenters. The van der Waals surface area contributed by atoms with E-state index >= 15 is 0 Å². The van der Waals surface area contributed by atoms with Gasteiger partial charge in [0.1, 0.15) is 10.4 Å². The number of piperidine rings is 1. The van der Waals surface area contributed by atoms with Gasteiger partial charge in [-0.15, -0.1) is 23.1 Å². The Morgan fingerprint density at radius 2 is 1.82 bits per heavy atom. The van der Waals surface area contributed by atoms with Gasteiger partial charge in [0.05, 0.1) is 10.6 Å². The van der Waals surface area contributed by atoms with E-state index in [4.69, 9.17) is 0 Å². The molecule has 2 aliphatic carbocycles. The first-order valence-electron chi connectivity index (χ1n) is 14.0. The summed E-state index contributed by atoms with van der Waals surface area (Å²) >= 11 is 2.63. The van der Waals surface area contributed by atoms with Crippen LogP contribution >= 0.6 is 23.1 Å². The fraction of sp³-hybridized carbons (Fsp3) is 0.483. The molecule has 4 heterocycles. The minimum absolute atomic E-state index is 0.0809. The first-order valence-corrected chi connectivity index (χ1v) is 15.8. The highest BCUT2D eigenvalue weighted by atomic mass is 32.2. The molecule has 210 valence electrons. The molecule has 3 aromatic rings. The third-order valence-electron chi connectivity index (χ3n) is 8.21. The van der Waals surface area contributed by atoms with Crippen LogP contribution in [0.25, 0.3) is 10.6 Å². The zero-order chi connectivity index (χ0) is 27.4. The van der Waals surface area contributed by atoms with E-state index in [0.29, 0.717) is 28.1 Å². The summed E-state index contributed by atoms with van der Waals surface area (Å²) in [6.45, 7) is 2.70. The third kappa shape index (κ3) is 5.23. The maximum atomic E-state index is 14.1. The van der Waals surface area contributed by atoms with Gasteiger partial charge in [0.15, 0.2) is 0 Å². The number of alkyl halides is 3. The van der Waals surface area contributed by atoms with Gasteiger partial charge in [0.2, 0.25) is 5.95 Å². The number of fused-ring (bicyclic) bond motifs is 1. The Morgan fingerprint density at radius 3 is 2.55 bits per heavy atom. The summed E-state index contributed by atoms with van der Waals surface area (Å²) in [4.78, 5) is 25.2. The van der Waals surface area contributed by atoms with E-state index in [1.165, 1.54) is 22.9 Å². The Hall–Kier alpha value is -2.63. The number of amides is 1. The Kier molecular flexibility index (Phi) is 6.79. The largest absolute Gasteiger partial charge is 0.420 e. The van der Waals surface area contributed by atoms with Crippen LogP contribution in [0.3, 0.4) is 0 Å². The van der Waals surface area contributed by atoms with E-state index in [1.54, 1.807) is 6.07 Å². The Balaban J connectivity index is 1.23. The molecule has 4 aliphatic rings. The number of carbonyl (C=O) groups is 1. The lowest BCUT2D eigenvalue weighted by atomic mass is 9.88. The Bertz CT molecular complexity index is 1440. The monoisotopic (exact) mass is 585 g/mol. The van der Waals surface area contributed by atoms with Crippen LogP contribution in [0, 0.1) is 0 Å². The molecule has 3 fully saturated rings. The molecule has 2 aliphatic heterocycles. The minimum atomic E-state index is -4.62. The summed E-state index contributed by atoms with van der Waals surface area (Å²) in [5, 5.41) is 6.66. The van der Waals surface area contributed by atoms with Crippen molar-refractivity contribution in [3.63, 3.8) is 0 Å². The van der Waals surface area contributed by atoms with Crippen LogP contribution in [0.1, 0.15) is 76.7 Å². The first kappa shape index (κ1) is 26.3. The lowest BCUT2D eigenvalue weighted by Crippen LogP contribution is -2.33. The van der Waals surface area contributed by atoms with E-state index < -0.39 is 11.7 Å². The lowest BCUT2D eigenvalue weighted by Gasteiger charge is -2.24. The number of carbonyl (C=O) groups excluding carboxylic acids is 1. The highest BCUT2D eigenvalue weighted by Crippen LogP contribution is 2.47. The number of halogens is 3. The Morgan fingerprint density at radius 1 is 1.02 bits per heavy atom. The van der Waals surface area contributed by atoms with E-state index in [0.717, 1.165) is 85.5 Å². The van der Waals surface area contributed by atoms with Crippen LogP contribution in [-0.2, 0) is 6.18 Å². The van der Waals surface area contributed by atoms with E-state index in [9.17, 15) is 18.0 Å². The van der Waals surface area contributed by atoms with Crippen LogP contribution in [0.4, 0.5) is 24.8 Å². The highest BCUT2D eigenvalue weighted by molar-refractivity contribution is 7.99. The van der Waals surface area contributed by atoms with Crippen LogP contribution in [-0.4, -0.2) is 52.2 Å². The van der Waals surface area contributed by atoms with Crippen LogP contribution < -0.4 is 10.6 Å². The molecule has 0 unspecified atom stereocenters. The molecule has 0 bridgehead atoms. The van der Waals surface area contributed by atoms with Crippen LogP contribution in [0.15, 0.2) is 35.4 Å². The molecular weight excluding hydrogens is 555 g/mol. The third-order valence-corrected chi connectivity index (χ3v) is 10.5. The molecule has 0 spiro atoms. The molecule has 1 saturated heterocycles. The van der Waals surface area contributed by atoms with Crippen molar-refractivity contribution in [1.82, 2.24) is 20.2 Å². The number of nitrogens with one attached hydrogen (secondary N) is 2. The molecule has 1 aromatic carbocycles. The molecular formula is C29H30F3N5OS2. The Labute approximate surface area is 239 Å². The lowest BCUT2D eigenvalue weighted by molar-refractivity contribution is -0.137. The van der Waals surface area contributed by atoms with Crippen molar-refractivity contribution < 1.29 is 18.0 Å². The van der Waals surface area contributed by atoms with Gasteiger partial charge in [-0.05, 0) is 86.7 Å². The fourth-order valence-corrected chi connectivity index (χ4v) is 8.08. The predicted octanol–water partition coefficient (Wildman–Crippen LogP) is 7.02. The topological polar surface area (TPSA) is 70.1 Å². The number of hydrogen-bond acceptors (Lipinski definition) is 7. The second kappa shape index (κ2) is 10.3. The molecule has 2 N–H and O–H groups in total. The molecule has 0 radical (unpaired) electrons. The average molecular weight is 586 g/mol. The molecule has 6 nitrogen and oxygen atoms in total. The van der Waals surface area contributed by atoms with Crippen molar-refractivity contribution in [1.29, 1.82) is 0 Å². The SMILES string of the molecule is O=C1c2sc(-c3nc(Nc4ccc(C5CCNCC5)cc4C4CC4)ncc3C(F)(F)F)cc2SCCN1C1CC1. The second-order valence-corrected chi connectivity index (χ2v) is 13.3. The number of rotatable bonds is 6. The van der Waals surface area contributed by atoms with Gasteiger partial charge in [0.25, 0.3) is 5.91 Å². The number of anilines is 2. The molecule has 2 aromatic heterocycles. The van der Waals surface area contributed by atoms with Crippen molar-refractivity contribution in [2.75, 3.05) is 30.7 Å². The summed E-state index contributed by atoms with van der Waals surface area (Å²) < 4.78 is 42.3. The highest BCUT2D eigenvalue weighted by Gasteiger charge is 2.39. The zero-order valence-electron chi connectivity index (χ0n) is 21.9. The molecule has 11 heteroatoms. The smallest absolute Gasteiger partial charge is 0.334 e.